The second kappa shape index (κ2) is 8.60. The molecule has 1 aliphatic rings. The van der Waals surface area contributed by atoms with Gasteiger partial charge in [0.25, 0.3) is 5.91 Å². The summed E-state index contributed by atoms with van der Waals surface area (Å²) in [5.74, 6) is 0.729. The first-order valence-electron chi connectivity index (χ1n) is 10.0. The Bertz CT molecular complexity index is 767. The van der Waals surface area contributed by atoms with Crippen LogP contribution in [0.3, 0.4) is 0 Å². The maximum absolute atomic E-state index is 12.3. The van der Waals surface area contributed by atoms with Gasteiger partial charge in [0, 0.05) is 6.04 Å². The van der Waals surface area contributed by atoms with E-state index in [1.807, 2.05) is 12.1 Å². The van der Waals surface area contributed by atoms with Gasteiger partial charge in [-0.3, -0.25) is 4.79 Å². The lowest BCUT2D eigenvalue weighted by Gasteiger charge is -2.29. The number of rotatable bonds is 7. The second-order valence-corrected chi connectivity index (χ2v) is 8.35. The van der Waals surface area contributed by atoms with E-state index < -0.39 is 0 Å². The Morgan fingerprint density at radius 2 is 1.78 bits per heavy atom. The minimum Gasteiger partial charge on any atom is -0.484 e. The average molecular weight is 366 g/mol. The van der Waals surface area contributed by atoms with Gasteiger partial charge in [0.1, 0.15) is 5.75 Å². The van der Waals surface area contributed by atoms with Gasteiger partial charge in [-0.15, -0.1) is 0 Å². The Balaban J connectivity index is 1.49. The molecule has 3 rings (SSSR count). The maximum atomic E-state index is 12.3. The summed E-state index contributed by atoms with van der Waals surface area (Å²) in [6, 6.07) is 16.8. The molecule has 3 heteroatoms. The Kier molecular flexibility index (Phi) is 6.20. The van der Waals surface area contributed by atoms with Gasteiger partial charge >= 0.3 is 0 Å². The van der Waals surface area contributed by atoms with Crippen LogP contribution >= 0.6 is 0 Å². The van der Waals surface area contributed by atoms with E-state index in [1.54, 1.807) is 0 Å². The zero-order chi connectivity index (χ0) is 19.3. The van der Waals surface area contributed by atoms with E-state index in [4.69, 9.17) is 4.74 Å². The number of carbonyl (C=O) groups is 1. The third kappa shape index (κ3) is 5.35. The predicted octanol–water partition coefficient (Wildman–Crippen LogP) is 4.82. The fourth-order valence-electron chi connectivity index (χ4n) is 4.09. The van der Waals surface area contributed by atoms with Crippen molar-refractivity contribution < 1.29 is 9.53 Å². The molecule has 1 N–H and O–H groups in total. The number of benzene rings is 2. The molecule has 0 fully saturated rings. The summed E-state index contributed by atoms with van der Waals surface area (Å²) < 4.78 is 5.74. The van der Waals surface area contributed by atoms with Gasteiger partial charge in [-0.25, -0.2) is 0 Å². The van der Waals surface area contributed by atoms with Gasteiger partial charge in [0.2, 0.25) is 0 Å². The first-order chi connectivity index (χ1) is 12.9. The highest BCUT2D eigenvalue weighted by molar-refractivity contribution is 5.77. The lowest BCUT2D eigenvalue weighted by molar-refractivity contribution is -0.123. The van der Waals surface area contributed by atoms with E-state index in [-0.39, 0.29) is 24.0 Å². The van der Waals surface area contributed by atoms with Crippen LogP contribution < -0.4 is 10.1 Å². The molecular weight excluding hydrogens is 334 g/mol. The van der Waals surface area contributed by atoms with E-state index in [2.05, 4.69) is 62.5 Å². The standard InChI is InChI=1S/C24H31NO2/c1-18(16-24(2,3)21-11-5-4-6-12-21)25-23(26)17-27-22-14-13-19-9-7-8-10-20(19)15-22/h4-6,11-15,18H,7-10,16-17H2,1-3H3,(H,25,26)/t18-/m0/s1. The van der Waals surface area contributed by atoms with Crippen LogP contribution in [0.2, 0.25) is 0 Å². The summed E-state index contributed by atoms with van der Waals surface area (Å²) in [5, 5.41) is 3.07. The third-order valence-electron chi connectivity index (χ3n) is 5.47. The Morgan fingerprint density at radius 3 is 2.52 bits per heavy atom. The van der Waals surface area contributed by atoms with Crippen LogP contribution in [0.25, 0.3) is 0 Å². The molecule has 2 aromatic carbocycles. The monoisotopic (exact) mass is 365 g/mol. The first kappa shape index (κ1) is 19.5. The summed E-state index contributed by atoms with van der Waals surface area (Å²) in [4.78, 5) is 12.3. The number of nitrogens with one attached hydrogen (secondary N) is 1. The molecule has 0 unspecified atom stereocenters. The molecule has 2 aromatic rings. The van der Waals surface area contributed by atoms with Crippen LogP contribution in [0.15, 0.2) is 48.5 Å². The Morgan fingerprint density at radius 1 is 1.07 bits per heavy atom. The van der Waals surface area contributed by atoms with Crippen LogP contribution in [0.1, 0.15) is 56.7 Å². The van der Waals surface area contributed by atoms with Crippen molar-refractivity contribution in [3.8, 4) is 5.75 Å². The van der Waals surface area contributed by atoms with Crippen molar-refractivity contribution in [3.05, 3.63) is 65.2 Å². The smallest absolute Gasteiger partial charge is 0.258 e. The van der Waals surface area contributed by atoms with E-state index in [1.165, 1.54) is 29.5 Å². The molecule has 3 nitrogen and oxygen atoms in total. The average Bonchev–Trinajstić information content (AvgIpc) is 2.66. The van der Waals surface area contributed by atoms with E-state index in [0.717, 1.165) is 25.0 Å². The highest BCUT2D eigenvalue weighted by Crippen LogP contribution is 2.28. The minimum absolute atomic E-state index is 0.00725. The zero-order valence-corrected chi connectivity index (χ0v) is 16.8. The summed E-state index contributed by atoms with van der Waals surface area (Å²) in [5.41, 5.74) is 4.09. The highest BCUT2D eigenvalue weighted by atomic mass is 16.5. The molecular formula is C24H31NO2. The van der Waals surface area contributed by atoms with Crippen molar-refractivity contribution in [1.29, 1.82) is 0 Å². The molecule has 0 heterocycles. The van der Waals surface area contributed by atoms with E-state index in [0.29, 0.717) is 0 Å². The number of hydrogen-bond acceptors (Lipinski definition) is 2. The van der Waals surface area contributed by atoms with Crippen LogP contribution in [0.5, 0.6) is 5.75 Å². The summed E-state index contributed by atoms with van der Waals surface area (Å²) in [7, 11) is 0. The summed E-state index contributed by atoms with van der Waals surface area (Å²) >= 11 is 0. The van der Waals surface area contributed by atoms with Crippen molar-refractivity contribution in [2.75, 3.05) is 6.61 Å². The highest BCUT2D eigenvalue weighted by Gasteiger charge is 2.24. The van der Waals surface area contributed by atoms with Gasteiger partial charge in [0.15, 0.2) is 6.61 Å². The molecule has 1 amide bonds. The topological polar surface area (TPSA) is 38.3 Å². The van der Waals surface area contributed by atoms with Crippen molar-refractivity contribution in [2.45, 2.75) is 64.3 Å². The van der Waals surface area contributed by atoms with Gasteiger partial charge in [-0.1, -0.05) is 50.2 Å². The zero-order valence-electron chi connectivity index (χ0n) is 16.8. The maximum Gasteiger partial charge on any atom is 0.258 e. The fraction of sp³-hybridized carbons (Fsp3) is 0.458. The summed E-state index contributed by atoms with van der Waals surface area (Å²) in [6.45, 7) is 6.56. The molecule has 0 bridgehead atoms. The van der Waals surface area contributed by atoms with E-state index >= 15 is 0 Å². The quantitative estimate of drug-likeness (QED) is 0.764. The van der Waals surface area contributed by atoms with Gasteiger partial charge < -0.3 is 10.1 Å². The normalized spacial score (nSPS) is 14.9. The van der Waals surface area contributed by atoms with Gasteiger partial charge in [0.05, 0.1) is 0 Å². The predicted molar refractivity (Wildman–Crippen MR) is 110 cm³/mol. The van der Waals surface area contributed by atoms with E-state index in [9.17, 15) is 4.79 Å². The SMILES string of the molecule is C[C@@H](CC(C)(C)c1ccccc1)NC(=O)COc1ccc2c(c1)CCCC2. The molecule has 144 valence electrons. The van der Waals surface area contributed by atoms with Crippen molar-refractivity contribution >= 4 is 5.91 Å². The van der Waals surface area contributed by atoms with Crippen molar-refractivity contribution in [2.24, 2.45) is 0 Å². The van der Waals surface area contributed by atoms with Crippen LogP contribution in [-0.2, 0) is 23.1 Å². The molecule has 0 spiro atoms. The Labute approximate surface area is 163 Å². The van der Waals surface area contributed by atoms with Crippen molar-refractivity contribution in [1.82, 2.24) is 5.32 Å². The molecule has 0 aromatic heterocycles. The minimum atomic E-state index is -0.0657. The number of ether oxygens (including phenoxy) is 1. The second-order valence-electron chi connectivity index (χ2n) is 8.35. The lowest BCUT2D eigenvalue weighted by Crippen LogP contribution is -2.39. The van der Waals surface area contributed by atoms with Gasteiger partial charge in [-0.05, 0) is 73.3 Å². The van der Waals surface area contributed by atoms with Crippen molar-refractivity contribution in [3.63, 3.8) is 0 Å². The number of aryl methyl sites for hydroxylation is 2. The lowest BCUT2D eigenvalue weighted by atomic mass is 9.79. The third-order valence-corrected chi connectivity index (χ3v) is 5.47. The number of fused-ring (bicyclic) bond motifs is 1. The van der Waals surface area contributed by atoms with Crippen LogP contribution in [0, 0.1) is 0 Å². The van der Waals surface area contributed by atoms with Gasteiger partial charge in [-0.2, -0.15) is 0 Å². The molecule has 1 atom stereocenters. The fourth-order valence-corrected chi connectivity index (χ4v) is 4.09. The molecule has 0 saturated carbocycles. The van der Waals surface area contributed by atoms with Crippen LogP contribution in [-0.4, -0.2) is 18.6 Å². The Hall–Kier alpha value is -2.29. The molecule has 1 aliphatic carbocycles. The largest absolute Gasteiger partial charge is 0.484 e. The molecule has 0 aliphatic heterocycles. The number of amides is 1. The number of carbonyl (C=O) groups excluding carboxylic acids is 1. The molecule has 27 heavy (non-hydrogen) atoms. The van der Waals surface area contributed by atoms with Crippen LogP contribution in [0.4, 0.5) is 0 Å². The summed E-state index contributed by atoms with van der Waals surface area (Å²) in [6.07, 6.45) is 5.66. The first-order valence-corrected chi connectivity index (χ1v) is 10.0. The number of hydrogen-bond donors (Lipinski definition) is 1. The molecule has 0 radical (unpaired) electrons. The molecule has 0 saturated heterocycles.